The summed E-state index contributed by atoms with van der Waals surface area (Å²) in [5.74, 6) is 1.43. The lowest BCUT2D eigenvalue weighted by atomic mass is 10.1. The minimum atomic E-state index is -0.0442. The number of para-hydroxylation sites is 1. The maximum absolute atomic E-state index is 11.7. The van der Waals surface area contributed by atoms with Gasteiger partial charge >= 0.3 is 6.03 Å². The van der Waals surface area contributed by atoms with E-state index in [1.54, 1.807) is 11.9 Å². The van der Waals surface area contributed by atoms with E-state index in [-0.39, 0.29) is 6.03 Å². The van der Waals surface area contributed by atoms with Gasteiger partial charge in [0.1, 0.15) is 12.4 Å². The van der Waals surface area contributed by atoms with Crippen molar-refractivity contribution in [3.8, 4) is 5.75 Å². The van der Waals surface area contributed by atoms with Crippen molar-refractivity contribution in [3.05, 3.63) is 30.3 Å². The minimum Gasteiger partial charge on any atom is -0.492 e. The largest absolute Gasteiger partial charge is 0.492 e. The van der Waals surface area contributed by atoms with E-state index in [2.05, 4.69) is 19.2 Å². The van der Waals surface area contributed by atoms with Gasteiger partial charge in [-0.15, -0.1) is 0 Å². The SMILES string of the molecule is CC(C)CCNC(=O)N(C)CCOc1ccccc1. The summed E-state index contributed by atoms with van der Waals surface area (Å²) in [5.41, 5.74) is 0. The molecule has 106 valence electrons. The van der Waals surface area contributed by atoms with Gasteiger partial charge in [-0.25, -0.2) is 4.79 Å². The van der Waals surface area contributed by atoms with Crippen molar-refractivity contribution in [2.75, 3.05) is 26.7 Å². The zero-order chi connectivity index (χ0) is 14.1. The molecule has 0 saturated carbocycles. The molecule has 0 atom stereocenters. The Morgan fingerprint density at radius 2 is 2.00 bits per heavy atom. The Labute approximate surface area is 115 Å². The number of nitrogens with one attached hydrogen (secondary N) is 1. The van der Waals surface area contributed by atoms with Crippen LogP contribution in [0.15, 0.2) is 30.3 Å². The van der Waals surface area contributed by atoms with Crippen LogP contribution >= 0.6 is 0 Å². The summed E-state index contributed by atoms with van der Waals surface area (Å²) in [6, 6.07) is 9.57. The molecule has 0 fully saturated rings. The van der Waals surface area contributed by atoms with Gasteiger partial charge in [-0.3, -0.25) is 0 Å². The second kappa shape index (κ2) is 8.40. The number of hydrogen-bond acceptors (Lipinski definition) is 2. The highest BCUT2D eigenvalue weighted by molar-refractivity contribution is 5.73. The van der Waals surface area contributed by atoms with Crippen LogP contribution in [-0.4, -0.2) is 37.7 Å². The maximum atomic E-state index is 11.7. The van der Waals surface area contributed by atoms with Crippen LogP contribution < -0.4 is 10.1 Å². The van der Waals surface area contributed by atoms with Crippen molar-refractivity contribution >= 4 is 6.03 Å². The number of carbonyl (C=O) groups is 1. The molecule has 1 N–H and O–H groups in total. The smallest absolute Gasteiger partial charge is 0.317 e. The van der Waals surface area contributed by atoms with E-state index in [9.17, 15) is 4.79 Å². The van der Waals surface area contributed by atoms with Crippen molar-refractivity contribution in [2.45, 2.75) is 20.3 Å². The Morgan fingerprint density at radius 1 is 1.32 bits per heavy atom. The molecule has 1 aromatic rings. The van der Waals surface area contributed by atoms with E-state index in [1.165, 1.54) is 0 Å². The van der Waals surface area contributed by atoms with E-state index in [4.69, 9.17) is 4.74 Å². The van der Waals surface area contributed by atoms with Gasteiger partial charge in [-0.2, -0.15) is 0 Å². The van der Waals surface area contributed by atoms with Crippen molar-refractivity contribution in [1.82, 2.24) is 10.2 Å². The minimum absolute atomic E-state index is 0.0442. The summed E-state index contributed by atoms with van der Waals surface area (Å²) in [6.07, 6.45) is 1.00. The fourth-order valence-electron chi connectivity index (χ4n) is 1.52. The number of ether oxygens (including phenoxy) is 1. The molecule has 0 aromatic heterocycles. The fourth-order valence-corrected chi connectivity index (χ4v) is 1.52. The number of urea groups is 1. The summed E-state index contributed by atoms with van der Waals surface area (Å²) in [7, 11) is 1.78. The third-order valence-corrected chi connectivity index (χ3v) is 2.78. The number of hydrogen-bond donors (Lipinski definition) is 1. The predicted molar refractivity (Wildman–Crippen MR) is 77.4 cm³/mol. The van der Waals surface area contributed by atoms with Crippen LogP contribution in [-0.2, 0) is 0 Å². The molecule has 0 radical (unpaired) electrons. The molecule has 1 aromatic carbocycles. The second-order valence-corrected chi connectivity index (χ2v) is 5.00. The predicted octanol–water partition coefficient (Wildman–Crippen LogP) is 2.75. The summed E-state index contributed by atoms with van der Waals surface area (Å²) in [5, 5.41) is 2.89. The first kappa shape index (κ1) is 15.3. The first-order valence-electron chi connectivity index (χ1n) is 6.76. The Balaban J connectivity index is 2.16. The molecular weight excluding hydrogens is 240 g/mol. The standard InChI is InChI=1S/C15H24N2O2/c1-13(2)9-10-16-15(18)17(3)11-12-19-14-7-5-4-6-8-14/h4-8,13H,9-12H2,1-3H3,(H,16,18). The lowest BCUT2D eigenvalue weighted by Crippen LogP contribution is -2.40. The Hall–Kier alpha value is -1.71. The van der Waals surface area contributed by atoms with E-state index in [0.29, 0.717) is 19.1 Å². The summed E-state index contributed by atoms with van der Waals surface area (Å²) in [4.78, 5) is 13.4. The summed E-state index contributed by atoms with van der Waals surface area (Å²) in [6.45, 7) is 6.08. The zero-order valence-electron chi connectivity index (χ0n) is 12.1. The van der Waals surface area contributed by atoms with Gasteiger partial charge in [-0.05, 0) is 24.5 Å². The Bertz CT molecular complexity index is 366. The number of rotatable bonds is 7. The first-order valence-corrected chi connectivity index (χ1v) is 6.76. The monoisotopic (exact) mass is 264 g/mol. The molecule has 0 unspecified atom stereocenters. The van der Waals surface area contributed by atoms with E-state index < -0.39 is 0 Å². The van der Waals surface area contributed by atoms with Gasteiger partial charge in [0, 0.05) is 13.6 Å². The molecule has 4 nitrogen and oxygen atoms in total. The maximum Gasteiger partial charge on any atom is 0.317 e. The average Bonchev–Trinajstić information content (AvgIpc) is 2.39. The van der Waals surface area contributed by atoms with Crippen LogP contribution in [0, 0.1) is 5.92 Å². The van der Waals surface area contributed by atoms with Crippen molar-refractivity contribution < 1.29 is 9.53 Å². The molecule has 0 aliphatic heterocycles. The molecule has 2 amide bonds. The van der Waals surface area contributed by atoms with Gasteiger partial charge in [0.2, 0.25) is 0 Å². The lowest BCUT2D eigenvalue weighted by Gasteiger charge is -2.18. The molecule has 1 rings (SSSR count). The highest BCUT2D eigenvalue weighted by atomic mass is 16.5. The van der Waals surface area contributed by atoms with E-state index >= 15 is 0 Å². The lowest BCUT2D eigenvalue weighted by molar-refractivity contribution is 0.195. The molecule has 0 spiro atoms. The second-order valence-electron chi connectivity index (χ2n) is 5.00. The van der Waals surface area contributed by atoms with Crippen LogP contribution in [0.2, 0.25) is 0 Å². The van der Waals surface area contributed by atoms with Crippen LogP contribution in [0.25, 0.3) is 0 Å². The van der Waals surface area contributed by atoms with Gasteiger partial charge < -0.3 is 15.0 Å². The fraction of sp³-hybridized carbons (Fsp3) is 0.533. The zero-order valence-corrected chi connectivity index (χ0v) is 12.1. The average molecular weight is 264 g/mol. The third-order valence-electron chi connectivity index (χ3n) is 2.78. The molecule has 0 aliphatic rings. The van der Waals surface area contributed by atoms with Crippen molar-refractivity contribution in [3.63, 3.8) is 0 Å². The third kappa shape index (κ3) is 6.70. The molecule has 19 heavy (non-hydrogen) atoms. The van der Waals surface area contributed by atoms with Crippen molar-refractivity contribution in [2.24, 2.45) is 5.92 Å². The van der Waals surface area contributed by atoms with Crippen LogP contribution in [0.4, 0.5) is 4.79 Å². The van der Waals surface area contributed by atoms with Gasteiger partial charge in [0.15, 0.2) is 0 Å². The van der Waals surface area contributed by atoms with Gasteiger partial charge in [0.25, 0.3) is 0 Å². The normalized spacial score (nSPS) is 10.3. The molecule has 0 saturated heterocycles. The van der Waals surface area contributed by atoms with E-state index in [0.717, 1.165) is 18.7 Å². The highest BCUT2D eigenvalue weighted by Crippen LogP contribution is 2.07. The van der Waals surface area contributed by atoms with Crippen LogP contribution in [0.5, 0.6) is 5.75 Å². The molecule has 4 heteroatoms. The molecule has 0 heterocycles. The number of carbonyl (C=O) groups excluding carboxylic acids is 1. The first-order chi connectivity index (χ1) is 9.09. The molecular formula is C15H24N2O2. The molecule has 0 aliphatic carbocycles. The van der Waals surface area contributed by atoms with E-state index in [1.807, 2.05) is 30.3 Å². The van der Waals surface area contributed by atoms with Gasteiger partial charge in [0.05, 0.1) is 6.54 Å². The van der Waals surface area contributed by atoms with Crippen molar-refractivity contribution in [1.29, 1.82) is 0 Å². The van der Waals surface area contributed by atoms with Crippen LogP contribution in [0.3, 0.4) is 0 Å². The number of benzene rings is 1. The number of nitrogens with zero attached hydrogens (tertiary/aromatic N) is 1. The van der Waals surface area contributed by atoms with Crippen LogP contribution in [0.1, 0.15) is 20.3 Å². The number of amides is 2. The van der Waals surface area contributed by atoms with Gasteiger partial charge in [-0.1, -0.05) is 32.0 Å². The Kier molecular flexibility index (Phi) is 6.79. The Morgan fingerprint density at radius 3 is 2.63 bits per heavy atom. The topological polar surface area (TPSA) is 41.6 Å². The highest BCUT2D eigenvalue weighted by Gasteiger charge is 2.07. The summed E-state index contributed by atoms with van der Waals surface area (Å²) >= 11 is 0. The quantitative estimate of drug-likeness (QED) is 0.822. The molecule has 0 bridgehead atoms. The number of likely N-dealkylation sites (N-methyl/N-ethyl adjacent to an activating group) is 1. The summed E-state index contributed by atoms with van der Waals surface area (Å²) < 4.78 is 5.55.